The maximum atomic E-state index is 6.52. The highest BCUT2D eigenvalue weighted by Crippen LogP contribution is 2.44. The molecule has 4 aromatic heterocycles. The van der Waals surface area contributed by atoms with Crippen molar-refractivity contribution in [3.8, 4) is 34.0 Å². The first-order valence-corrected chi connectivity index (χ1v) is 20.0. The van der Waals surface area contributed by atoms with E-state index in [9.17, 15) is 0 Å². The molecule has 0 fully saturated rings. The van der Waals surface area contributed by atoms with Crippen LogP contribution in [0.25, 0.3) is 121 Å². The third kappa shape index (κ3) is 4.73. The minimum absolute atomic E-state index is 0.701. The minimum Gasteiger partial charge on any atom is -0.456 e. The van der Waals surface area contributed by atoms with Crippen molar-refractivity contribution in [2.45, 2.75) is 0 Å². The van der Waals surface area contributed by atoms with E-state index in [0.717, 1.165) is 83.1 Å². The second kappa shape index (κ2) is 12.2. The fourth-order valence-electron chi connectivity index (χ4n) is 9.40. The third-order valence-electron chi connectivity index (χ3n) is 12.1. The van der Waals surface area contributed by atoms with E-state index in [1.165, 1.54) is 32.3 Å². The van der Waals surface area contributed by atoms with Crippen LogP contribution >= 0.6 is 0 Å². The molecule has 0 atom stereocenters. The Labute approximate surface area is 337 Å². The minimum atomic E-state index is 0.701. The molecule has 5 nitrogen and oxygen atoms in total. The normalized spacial score (nSPS) is 12.1. The molecule has 0 saturated heterocycles. The Morgan fingerprint density at radius 3 is 1.86 bits per heavy atom. The molecule has 0 aliphatic heterocycles. The van der Waals surface area contributed by atoms with Crippen molar-refractivity contribution in [3.63, 3.8) is 0 Å². The van der Waals surface area contributed by atoms with Crippen LogP contribution in [0.5, 0.6) is 0 Å². The van der Waals surface area contributed by atoms with Crippen LogP contribution in [0.1, 0.15) is 0 Å². The van der Waals surface area contributed by atoms with Crippen LogP contribution < -0.4 is 0 Å². The van der Waals surface area contributed by atoms with Crippen molar-refractivity contribution in [2.75, 3.05) is 0 Å². The summed E-state index contributed by atoms with van der Waals surface area (Å²) in [6.45, 7) is 0. The zero-order valence-corrected chi connectivity index (χ0v) is 31.7. The number of benzene rings is 9. The predicted molar refractivity (Wildman–Crippen MR) is 244 cm³/mol. The number of fused-ring (bicyclic) bond motifs is 12. The van der Waals surface area contributed by atoms with Crippen LogP contribution in [-0.4, -0.2) is 19.1 Å². The summed E-state index contributed by atoms with van der Waals surface area (Å²) in [5.74, 6) is 0.701. The molecule has 0 amide bonds. The molecule has 5 heteroatoms. The third-order valence-corrected chi connectivity index (χ3v) is 12.1. The molecule has 9 aromatic carbocycles. The standard InChI is InChI=1S/C54H32N4O/c1-2-13-34(14-3-1)51-43-18-6-9-19-46(43)55-54(56-51)35-23-25-37(26-24-35)57-47-20-10-7-16-39(47)41-28-29-42-44-31-45-40-17-8-11-21-49(40)59-50(45)32-48(44)58(53(42)52(41)57)38-27-22-33-12-4-5-15-36(33)30-38/h1-32H. The zero-order valence-electron chi connectivity index (χ0n) is 31.7. The van der Waals surface area contributed by atoms with E-state index < -0.39 is 0 Å². The van der Waals surface area contributed by atoms with Gasteiger partial charge < -0.3 is 13.6 Å². The number of aromatic nitrogens is 4. The van der Waals surface area contributed by atoms with Gasteiger partial charge in [0.25, 0.3) is 0 Å². The molecule has 274 valence electrons. The molecule has 0 N–H and O–H groups in total. The Morgan fingerprint density at radius 1 is 0.356 bits per heavy atom. The lowest BCUT2D eigenvalue weighted by Crippen LogP contribution is -1.99. The lowest BCUT2D eigenvalue weighted by Gasteiger charge is -2.14. The van der Waals surface area contributed by atoms with Gasteiger partial charge >= 0.3 is 0 Å². The smallest absolute Gasteiger partial charge is 0.160 e. The van der Waals surface area contributed by atoms with E-state index in [1.807, 2.05) is 24.3 Å². The lowest BCUT2D eigenvalue weighted by molar-refractivity contribution is 0.669. The summed E-state index contributed by atoms with van der Waals surface area (Å²) in [4.78, 5) is 10.2. The van der Waals surface area contributed by atoms with E-state index in [0.29, 0.717) is 5.82 Å². The SMILES string of the molecule is c1ccc(-c2nc(-c3ccc(-n4c5ccccc5c5ccc6c7cc8c(cc7n(-c7ccc9ccccc9c7)c6c54)oc4ccccc48)cc3)nc3ccccc23)cc1. The second-order valence-corrected chi connectivity index (χ2v) is 15.4. The summed E-state index contributed by atoms with van der Waals surface area (Å²) >= 11 is 0. The maximum absolute atomic E-state index is 6.52. The van der Waals surface area contributed by atoms with Crippen LogP contribution in [0, 0.1) is 0 Å². The molecule has 13 rings (SSSR count). The topological polar surface area (TPSA) is 48.8 Å². The highest BCUT2D eigenvalue weighted by molar-refractivity contribution is 6.26. The lowest BCUT2D eigenvalue weighted by atomic mass is 10.1. The number of rotatable bonds is 4. The van der Waals surface area contributed by atoms with Crippen LogP contribution in [0.15, 0.2) is 199 Å². The highest BCUT2D eigenvalue weighted by atomic mass is 16.3. The van der Waals surface area contributed by atoms with Crippen molar-refractivity contribution in [1.29, 1.82) is 0 Å². The van der Waals surface area contributed by atoms with Crippen molar-refractivity contribution in [1.82, 2.24) is 19.1 Å². The summed E-state index contributed by atoms with van der Waals surface area (Å²) in [5, 5.41) is 10.5. The summed E-state index contributed by atoms with van der Waals surface area (Å²) in [5.41, 5.74) is 12.4. The van der Waals surface area contributed by atoms with E-state index in [1.54, 1.807) is 0 Å². The first-order valence-electron chi connectivity index (χ1n) is 20.0. The Bertz CT molecular complexity index is 3830. The van der Waals surface area contributed by atoms with Gasteiger partial charge in [-0.25, -0.2) is 9.97 Å². The van der Waals surface area contributed by atoms with E-state index in [2.05, 4.69) is 179 Å². The largest absolute Gasteiger partial charge is 0.456 e. The molecule has 0 saturated carbocycles. The number of furan rings is 1. The highest BCUT2D eigenvalue weighted by Gasteiger charge is 2.23. The molecule has 4 heterocycles. The van der Waals surface area contributed by atoms with Crippen LogP contribution in [0.2, 0.25) is 0 Å². The van der Waals surface area contributed by atoms with Gasteiger partial charge in [0.1, 0.15) is 11.2 Å². The van der Waals surface area contributed by atoms with Crippen LogP contribution in [0.4, 0.5) is 0 Å². The van der Waals surface area contributed by atoms with Gasteiger partial charge in [-0.05, 0) is 71.4 Å². The van der Waals surface area contributed by atoms with Crippen molar-refractivity contribution >= 4 is 87.2 Å². The molecule has 0 bridgehead atoms. The Morgan fingerprint density at radius 2 is 1.02 bits per heavy atom. The predicted octanol–water partition coefficient (Wildman–Crippen LogP) is 14.2. The molecule has 0 spiro atoms. The van der Waals surface area contributed by atoms with E-state index in [-0.39, 0.29) is 0 Å². The maximum Gasteiger partial charge on any atom is 0.160 e. The summed E-state index contributed by atoms with van der Waals surface area (Å²) in [6, 6.07) is 69.0. The molecule has 59 heavy (non-hydrogen) atoms. The van der Waals surface area contributed by atoms with Gasteiger partial charge in [0, 0.05) is 66.3 Å². The summed E-state index contributed by atoms with van der Waals surface area (Å²) < 4.78 is 11.4. The molecular formula is C54H32N4O. The molecule has 0 unspecified atom stereocenters. The van der Waals surface area contributed by atoms with E-state index >= 15 is 0 Å². The van der Waals surface area contributed by atoms with Gasteiger partial charge in [-0.1, -0.05) is 127 Å². The Kier molecular flexibility index (Phi) is 6.66. The van der Waals surface area contributed by atoms with Gasteiger partial charge in [0.2, 0.25) is 0 Å². The van der Waals surface area contributed by atoms with Gasteiger partial charge in [0.05, 0.1) is 33.3 Å². The van der Waals surface area contributed by atoms with Gasteiger partial charge in [0.15, 0.2) is 5.82 Å². The fourth-order valence-corrected chi connectivity index (χ4v) is 9.40. The fraction of sp³-hybridized carbons (Fsp3) is 0. The Hall–Kier alpha value is -8.02. The first kappa shape index (κ1) is 32.1. The number of para-hydroxylation sites is 3. The van der Waals surface area contributed by atoms with Crippen molar-refractivity contribution in [2.24, 2.45) is 0 Å². The summed E-state index contributed by atoms with van der Waals surface area (Å²) in [7, 11) is 0. The number of hydrogen-bond donors (Lipinski definition) is 0. The van der Waals surface area contributed by atoms with Crippen molar-refractivity contribution in [3.05, 3.63) is 194 Å². The Balaban J connectivity index is 1.09. The van der Waals surface area contributed by atoms with E-state index in [4.69, 9.17) is 14.4 Å². The van der Waals surface area contributed by atoms with Crippen LogP contribution in [0.3, 0.4) is 0 Å². The number of hydrogen-bond acceptors (Lipinski definition) is 3. The summed E-state index contributed by atoms with van der Waals surface area (Å²) in [6.07, 6.45) is 0. The zero-order chi connectivity index (χ0) is 38.6. The molecule has 0 radical (unpaired) electrons. The van der Waals surface area contributed by atoms with Gasteiger partial charge in [-0.3, -0.25) is 0 Å². The average molecular weight is 753 g/mol. The quantitative estimate of drug-likeness (QED) is 0.180. The molecular weight excluding hydrogens is 721 g/mol. The van der Waals surface area contributed by atoms with Gasteiger partial charge in [-0.15, -0.1) is 0 Å². The van der Waals surface area contributed by atoms with Gasteiger partial charge in [-0.2, -0.15) is 0 Å². The molecule has 13 aromatic rings. The molecule has 0 aliphatic carbocycles. The molecule has 0 aliphatic rings. The second-order valence-electron chi connectivity index (χ2n) is 15.4. The average Bonchev–Trinajstić information content (AvgIpc) is 3.95. The first-order chi connectivity index (χ1) is 29.2. The number of nitrogens with zero attached hydrogens (tertiary/aromatic N) is 4. The van der Waals surface area contributed by atoms with Crippen molar-refractivity contribution < 1.29 is 4.42 Å². The monoisotopic (exact) mass is 752 g/mol. The van der Waals surface area contributed by atoms with Crippen LogP contribution in [-0.2, 0) is 0 Å².